The summed E-state index contributed by atoms with van der Waals surface area (Å²) >= 11 is 0. The fraction of sp³-hybridized carbons (Fsp3) is 0.429. The van der Waals surface area contributed by atoms with Gasteiger partial charge in [0.15, 0.2) is 5.96 Å². The summed E-state index contributed by atoms with van der Waals surface area (Å²) in [4.78, 5) is 16.3. The van der Waals surface area contributed by atoms with Gasteiger partial charge in [-0.3, -0.25) is 15.1 Å². The molecule has 1 heterocycles. The first-order chi connectivity index (χ1) is 8.89. The smallest absolute Gasteiger partial charge is 0.252 e. The van der Waals surface area contributed by atoms with E-state index in [0.29, 0.717) is 12.4 Å². The minimum atomic E-state index is -0.744. The number of guanidine groups is 1. The Kier molecular flexibility index (Phi) is 3.55. The Labute approximate surface area is 112 Å². The van der Waals surface area contributed by atoms with Gasteiger partial charge < -0.3 is 5.32 Å². The molecule has 0 saturated carbocycles. The minimum Gasteiger partial charge on any atom is -0.342 e. The fourth-order valence-corrected chi connectivity index (χ4v) is 2.05. The first-order valence-corrected chi connectivity index (χ1v) is 6.31. The van der Waals surface area contributed by atoms with E-state index in [2.05, 4.69) is 15.6 Å². The van der Waals surface area contributed by atoms with Crippen molar-refractivity contribution in [1.82, 2.24) is 10.6 Å². The maximum absolute atomic E-state index is 12.9. The predicted molar refractivity (Wildman–Crippen MR) is 72.4 cm³/mol. The van der Waals surface area contributed by atoms with Crippen LogP contribution in [0.4, 0.5) is 4.39 Å². The zero-order valence-corrected chi connectivity index (χ0v) is 11.3. The molecule has 1 saturated heterocycles. The van der Waals surface area contributed by atoms with Crippen LogP contribution in [0.15, 0.2) is 29.3 Å². The predicted octanol–water partition coefficient (Wildman–Crippen LogP) is 1.61. The summed E-state index contributed by atoms with van der Waals surface area (Å²) in [7, 11) is 0. The summed E-state index contributed by atoms with van der Waals surface area (Å²) in [5.41, 5.74) is 0.156. The summed E-state index contributed by atoms with van der Waals surface area (Å²) in [6.07, 6.45) is 0.482. The van der Waals surface area contributed by atoms with Crippen LogP contribution in [-0.4, -0.2) is 23.4 Å². The molecule has 2 rings (SSSR count). The molecule has 1 aromatic carbocycles. The second-order valence-corrected chi connectivity index (χ2v) is 5.29. The minimum absolute atomic E-state index is 0.107. The maximum Gasteiger partial charge on any atom is 0.252 e. The number of aliphatic imine (C=N–C) groups is 1. The number of halogens is 1. The van der Waals surface area contributed by atoms with Gasteiger partial charge in [0.1, 0.15) is 11.4 Å². The lowest BCUT2D eigenvalue weighted by molar-refractivity contribution is -0.123. The molecule has 2 N–H and O–H groups in total. The van der Waals surface area contributed by atoms with E-state index in [1.165, 1.54) is 12.1 Å². The molecule has 0 aliphatic carbocycles. The van der Waals surface area contributed by atoms with Crippen LogP contribution in [0.3, 0.4) is 0 Å². The molecule has 4 nitrogen and oxygen atoms in total. The van der Waals surface area contributed by atoms with Crippen molar-refractivity contribution in [1.29, 1.82) is 0 Å². The Balaban J connectivity index is 2.15. The third kappa shape index (κ3) is 3.10. The number of carbonyl (C=O) groups is 1. The van der Waals surface area contributed by atoms with Crippen LogP contribution in [0.1, 0.15) is 26.3 Å². The van der Waals surface area contributed by atoms with E-state index in [-0.39, 0.29) is 17.8 Å². The van der Waals surface area contributed by atoms with Crippen LogP contribution >= 0.6 is 0 Å². The molecule has 1 aliphatic rings. The molecule has 0 spiro atoms. The molecule has 1 atom stereocenters. The molecule has 1 amide bonds. The van der Waals surface area contributed by atoms with Crippen molar-refractivity contribution in [2.45, 2.75) is 38.8 Å². The van der Waals surface area contributed by atoms with Crippen molar-refractivity contribution in [2.75, 3.05) is 0 Å². The normalized spacial score (nSPS) is 24.7. The van der Waals surface area contributed by atoms with E-state index in [9.17, 15) is 9.18 Å². The Morgan fingerprint density at radius 2 is 1.95 bits per heavy atom. The van der Waals surface area contributed by atoms with Gasteiger partial charge in [0.2, 0.25) is 0 Å². The molecule has 19 heavy (non-hydrogen) atoms. The number of nitrogens with one attached hydrogen (secondary N) is 2. The quantitative estimate of drug-likeness (QED) is 0.870. The van der Waals surface area contributed by atoms with Crippen molar-refractivity contribution in [3.63, 3.8) is 0 Å². The van der Waals surface area contributed by atoms with Gasteiger partial charge in [-0.2, -0.15) is 0 Å². The number of carbonyl (C=O) groups excluding carboxylic acids is 1. The number of nitrogens with zero attached hydrogens (tertiary/aromatic N) is 1. The number of hydrogen-bond donors (Lipinski definition) is 2. The standard InChI is InChI=1S/C14H18FN3O/c1-9(2)16-13-17-12(19)14(3,18-13)8-10-4-6-11(15)7-5-10/h4-7,9H,8H2,1-3H3,(H2,16,17,18,19). The fourth-order valence-electron chi connectivity index (χ4n) is 2.05. The lowest BCUT2D eigenvalue weighted by Crippen LogP contribution is -2.45. The SMILES string of the molecule is CC(C)N=C1NC(=O)C(C)(Cc2ccc(F)cc2)N1. The van der Waals surface area contributed by atoms with Crippen LogP contribution in [0, 0.1) is 5.82 Å². The molecule has 0 aromatic heterocycles. The molecule has 0 bridgehead atoms. The summed E-state index contributed by atoms with van der Waals surface area (Å²) < 4.78 is 12.9. The second-order valence-electron chi connectivity index (χ2n) is 5.29. The average molecular weight is 263 g/mol. The Morgan fingerprint density at radius 1 is 1.32 bits per heavy atom. The highest BCUT2D eigenvalue weighted by Crippen LogP contribution is 2.17. The van der Waals surface area contributed by atoms with Crippen LogP contribution in [-0.2, 0) is 11.2 Å². The molecule has 0 radical (unpaired) electrons. The number of amides is 1. The highest BCUT2D eigenvalue weighted by Gasteiger charge is 2.40. The van der Waals surface area contributed by atoms with E-state index in [1.807, 2.05) is 20.8 Å². The topological polar surface area (TPSA) is 53.5 Å². The number of hydrogen-bond acceptors (Lipinski definition) is 2. The van der Waals surface area contributed by atoms with Gasteiger partial charge in [-0.05, 0) is 38.5 Å². The first-order valence-electron chi connectivity index (χ1n) is 6.31. The molecule has 1 aromatic rings. The average Bonchev–Trinajstić information content (AvgIpc) is 2.56. The summed E-state index contributed by atoms with van der Waals surface area (Å²) in [5, 5.41) is 5.84. The number of rotatable bonds is 3. The highest BCUT2D eigenvalue weighted by molar-refractivity contribution is 6.08. The molecule has 102 valence electrons. The Morgan fingerprint density at radius 3 is 2.53 bits per heavy atom. The van der Waals surface area contributed by atoms with Gasteiger partial charge >= 0.3 is 0 Å². The largest absolute Gasteiger partial charge is 0.342 e. The molecule has 5 heteroatoms. The zero-order chi connectivity index (χ0) is 14.0. The van der Waals surface area contributed by atoms with E-state index < -0.39 is 5.54 Å². The van der Waals surface area contributed by atoms with Gasteiger partial charge in [0.05, 0.1) is 0 Å². The second kappa shape index (κ2) is 4.99. The van der Waals surface area contributed by atoms with Crippen LogP contribution in [0.2, 0.25) is 0 Å². The summed E-state index contributed by atoms with van der Waals surface area (Å²) in [6.45, 7) is 5.70. The van der Waals surface area contributed by atoms with Crippen LogP contribution in [0.5, 0.6) is 0 Å². The molecule has 1 fully saturated rings. The lowest BCUT2D eigenvalue weighted by atomic mass is 9.93. The van der Waals surface area contributed by atoms with E-state index >= 15 is 0 Å². The number of benzene rings is 1. The van der Waals surface area contributed by atoms with E-state index in [0.717, 1.165) is 5.56 Å². The van der Waals surface area contributed by atoms with Crippen molar-refractivity contribution < 1.29 is 9.18 Å². The van der Waals surface area contributed by atoms with Crippen molar-refractivity contribution in [3.05, 3.63) is 35.6 Å². The van der Waals surface area contributed by atoms with Crippen molar-refractivity contribution in [2.24, 2.45) is 4.99 Å². The van der Waals surface area contributed by atoms with Gasteiger partial charge in [0.25, 0.3) is 5.91 Å². The first kappa shape index (κ1) is 13.5. The Bertz CT molecular complexity index is 510. The van der Waals surface area contributed by atoms with Gasteiger partial charge in [-0.1, -0.05) is 12.1 Å². The van der Waals surface area contributed by atoms with Crippen LogP contribution in [0.25, 0.3) is 0 Å². The molecule has 1 aliphatic heterocycles. The van der Waals surface area contributed by atoms with Crippen LogP contribution < -0.4 is 10.6 Å². The maximum atomic E-state index is 12.9. The third-order valence-corrected chi connectivity index (χ3v) is 2.99. The molecule has 1 unspecified atom stereocenters. The third-order valence-electron chi connectivity index (χ3n) is 2.99. The summed E-state index contributed by atoms with van der Waals surface area (Å²) in [6, 6.07) is 6.28. The van der Waals surface area contributed by atoms with E-state index in [1.54, 1.807) is 12.1 Å². The van der Waals surface area contributed by atoms with Gasteiger partial charge in [-0.25, -0.2) is 4.39 Å². The lowest BCUT2D eigenvalue weighted by Gasteiger charge is -2.21. The van der Waals surface area contributed by atoms with E-state index in [4.69, 9.17) is 0 Å². The Hall–Kier alpha value is -1.91. The highest BCUT2D eigenvalue weighted by atomic mass is 19.1. The monoisotopic (exact) mass is 263 g/mol. The zero-order valence-electron chi connectivity index (χ0n) is 11.3. The molecular formula is C14H18FN3O. The summed E-state index contributed by atoms with van der Waals surface area (Å²) in [5.74, 6) is 0.112. The van der Waals surface area contributed by atoms with Gasteiger partial charge in [0, 0.05) is 12.5 Å². The van der Waals surface area contributed by atoms with Gasteiger partial charge in [-0.15, -0.1) is 0 Å². The van der Waals surface area contributed by atoms with Crippen molar-refractivity contribution >= 4 is 11.9 Å². The van der Waals surface area contributed by atoms with Crippen molar-refractivity contribution in [3.8, 4) is 0 Å². The molecular weight excluding hydrogens is 245 g/mol.